The van der Waals surface area contributed by atoms with E-state index in [1.807, 2.05) is 18.2 Å². The van der Waals surface area contributed by atoms with E-state index in [1.165, 1.54) is 11.1 Å². The number of terminal acetylenes is 1. The average molecular weight is 374 g/mol. The minimum Gasteiger partial charge on any atom is -0.388 e. The van der Waals surface area contributed by atoms with Crippen LogP contribution < -0.4 is 10.6 Å². The SMILES string of the molecule is C#CCCCc1ccc2c(c1)C(C)(C)c1cc(N=N)ccc1N2CCC(=N)N. The Morgan fingerprint density at radius 1 is 1.18 bits per heavy atom. The molecule has 0 spiro atoms. The third-order valence-corrected chi connectivity index (χ3v) is 5.49. The molecule has 0 saturated heterocycles. The van der Waals surface area contributed by atoms with E-state index in [0.717, 1.165) is 36.2 Å². The number of hydrogen-bond donors (Lipinski definition) is 3. The Hall–Kier alpha value is -3.13. The molecule has 28 heavy (non-hydrogen) atoms. The summed E-state index contributed by atoms with van der Waals surface area (Å²) in [5.41, 5.74) is 19.4. The van der Waals surface area contributed by atoms with E-state index in [-0.39, 0.29) is 11.3 Å². The van der Waals surface area contributed by atoms with Crippen LogP contribution in [0, 0.1) is 23.3 Å². The molecule has 0 bridgehead atoms. The topological polar surface area (TPSA) is 89.3 Å². The van der Waals surface area contributed by atoms with E-state index in [9.17, 15) is 0 Å². The van der Waals surface area contributed by atoms with Gasteiger partial charge in [-0.1, -0.05) is 26.0 Å². The highest BCUT2D eigenvalue weighted by atomic mass is 15.2. The van der Waals surface area contributed by atoms with Gasteiger partial charge in [-0.3, -0.25) is 5.41 Å². The van der Waals surface area contributed by atoms with Crippen LogP contribution in [-0.2, 0) is 11.8 Å². The molecule has 0 aromatic heterocycles. The molecular formula is C23H27N5. The Balaban J connectivity index is 2.11. The first-order valence-electron chi connectivity index (χ1n) is 9.57. The van der Waals surface area contributed by atoms with Gasteiger partial charge < -0.3 is 10.6 Å². The fourth-order valence-electron chi connectivity index (χ4n) is 3.95. The summed E-state index contributed by atoms with van der Waals surface area (Å²) in [6.45, 7) is 5.07. The van der Waals surface area contributed by atoms with Crippen molar-refractivity contribution in [2.45, 2.75) is 44.9 Å². The molecule has 1 aliphatic heterocycles. The van der Waals surface area contributed by atoms with E-state index < -0.39 is 0 Å². The minimum absolute atomic E-state index is 0.177. The Bertz CT molecular complexity index is 952. The van der Waals surface area contributed by atoms with Crippen molar-refractivity contribution >= 4 is 22.9 Å². The molecule has 0 aliphatic carbocycles. The molecule has 144 valence electrons. The summed E-state index contributed by atoms with van der Waals surface area (Å²) < 4.78 is 0. The van der Waals surface area contributed by atoms with Crippen molar-refractivity contribution in [2.75, 3.05) is 11.4 Å². The van der Waals surface area contributed by atoms with Crippen LogP contribution in [0.5, 0.6) is 0 Å². The van der Waals surface area contributed by atoms with Gasteiger partial charge in [-0.2, -0.15) is 5.11 Å². The van der Waals surface area contributed by atoms with Crippen molar-refractivity contribution in [3.63, 3.8) is 0 Å². The second-order valence-electron chi connectivity index (χ2n) is 7.77. The molecule has 0 fully saturated rings. The maximum atomic E-state index is 7.65. The highest BCUT2D eigenvalue weighted by Crippen LogP contribution is 2.50. The zero-order valence-corrected chi connectivity index (χ0v) is 16.5. The van der Waals surface area contributed by atoms with Crippen LogP contribution in [-0.4, -0.2) is 12.4 Å². The zero-order chi connectivity index (χ0) is 20.3. The van der Waals surface area contributed by atoms with Crippen molar-refractivity contribution in [1.82, 2.24) is 0 Å². The monoisotopic (exact) mass is 373 g/mol. The summed E-state index contributed by atoms with van der Waals surface area (Å²) in [5.74, 6) is 2.89. The van der Waals surface area contributed by atoms with Crippen molar-refractivity contribution in [2.24, 2.45) is 10.8 Å². The van der Waals surface area contributed by atoms with Crippen LogP contribution >= 0.6 is 0 Å². The lowest BCUT2D eigenvalue weighted by Crippen LogP contribution is -2.34. The molecule has 2 aromatic carbocycles. The average Bonchev–Trinajstić information content (AvgIpc) is 2.68. The normalized spacial score (nSPS) is 14.0. The molecule has 5 nitrogen and oxygen atoms in total. The highest BCUT2D eigenvalue weighted by Gasteiger charge is 2.36. The Morgan fingerprint density at radius 3 is 2.50 bits per heavy atom. The third-order valence-electron chi connectivity index (χ3n) is 5.49. The van der Waals surface area contributed by atoms with Gasteiger partial charge >= 0.3 is 0 Å². The molecule has 1 heterocycles. The first kappa shape index (κ1) is 19.6. The van der Waals surface area contributed by atoms with Crippen molar-refractivity contribution in [1.29, 1.82) is 10.9 Å². The Morgan fingerprint density at radius 2 is 1.86 bits per heavy atom. The van der Waals surface area contributed by atoms with Crippen LogP contribution in [0.1, 0.15) is 49.8 Å². The number of aryl methyl sites for hydroxylation is 1. The van der Waals surface area contributed by atoms with Crippen LogP contribution in [0.15, 0.2) is 41.5 Å². The van der Waals surface area contributed by atoms with Gasteiger partial charge in [-0.15, -0.1) is 12.3 Å². The summed E-state index contributed by atoms with van der Waals surface area (Å²) >= 11 is 0. The molecule has 1 aliphatic rings. The number of nitrogens with one attached hydrogen (secondary N) is 2. The lowest BCUT2D eigenvalue weighted by atomic mass is 9.73. The fourth-order valence-corrected chi connectivity index (χ4v) is 3.95. The van der Waals surface area contributed by atoms with Gasteiger partial charge in [0.25, 0.3) is 0 Å². The number of rotatable bonds is 7. The second kappa shape index (κ2) is 7.85. The van der Waals surface area contributed by atoms with E-state index >= 15 is 0 Å². The molecule has 0 radical (unpaired) electrons. The fraction of sp³-hybridized carbons (Fsp3) is 0.348. The lowest BCUT2D eigenvalue weighted by molar-refractivity contribution is 0.623. The molecule has 3 rings (SSSR count). The molecule has 0 saturated carbocycles. The number of amidine groups is 1. The van der Waals surface area contributed by atoms with E-state index in [1.54, 1.807) is 0 Å². The molecule has 5 heteroatoms. The smallest absolute Gasteiger partial charge is 0.0923 e. The minimum atomic E-state index is -0.222. The first-order valence-corrected chi connectivity index (χ1v) is 9.57. The zero-order valence-electron chi connectivity index (χ0n) is 16.5. The second-order valence-corrected chi connectivity index (χ2v) is 7.77. The summed E-state index contributed by atoms with van der Waals surface area (Å²) in [4.78, 5) is 2.23. The Kier molecular flexibility index (Phi) is 5.51. The molecule has 2 aromatic rings. The number of fused-ring (bicyclic) bond motifs is 2. The lowest BCUT2D eigenvalue weighted by Gasteiger charge is -2.42. The van der Waals surface area contributed by atoms with Crippen LogP contribution in [0.25, 0.3) is 0 Å². The molecule has 0 unspecified atom stereocenters. The first-order chi connectivity index (χ1) is 13.4. The van der Waals surface area contributed by atoms with Gasteiger partial charge in [0.1, 0.15) is 0 Å². The number of anilines is 2. The quantitative estimate of drug-likeness (QED) is 0.199. The van der Waals surface area contributed by atoms with Gasteiger partial charge in [-0.25, -0.2) is 5.53 Å². The van der Waals surface area contributed by atoms with Gasteiger partial charge in [0.2, 0.25) is 0 Å². The molecule has 0 amide bonds. The number of hydrogen-bond acceptors (Lipinski definition) is 4. The summed E-state index contributed by atoms with van der Waals surface area (Å²) in [6, 6.07) is 12.5. The van der Waals surface area contributed by atoms with Gasteiger partial charge in [-0.05, 0) is 53.8 Å². The maximum absolute atomic E-state index is 7.65. The standard InChI is InChI=1S/C23H27N5/c1-4-5-6-7-16-8-10-20-18(14-16)23(2,3)19-15-17(27-26)9-11-21(19)28(20)13-12-22(24)25/h1,8-11,14-15,26H,5-7,12-13H2,2-3H3,(H3,24,25). The summed E-state index contributed by atoms with van der Waals surface area (Å²) in [6.07, 6.45) is 8.60. The number of nitrogens with two attached hydrogens (primary N) is 1. The van der Waals surface area contributed by atoms with Crippen molar-refractivity contribution < 1.29 is 0 Å². The summed E-state index contributed by atoms with van der Waals surface area (Å²) in [7, 11) is 0. The van der Waals surface area contributed by atoms with Crippen LogP contribution in [0.2, 0.25) is 0 Å². The number of benzene rings is 2. The van der Waals surface area contributed by atoms with Crippen molar-refractivity contribution in [3.05, 3.63) is 53.1 Å². The summed E-state index contributed by atoms with van der Waals surface area (Å²) in [5, 5.41) is 11.3. The van der Waals surface area contributed by atoms with Gasteiger partial charge in [0.15, 0.2) is 0 Å². The molecule has 4 N–H and O–H groups in total. The molecular weight excluding hydrogens is 346 g/mol. The van der Waals surface area contributed by atoms with Gasteiger partial charge in [0, 0.05) is 36.2 Å². The third kappa shape index (κ3) is 3.63. The predicted molar refractivity (Wildman–Crippen MR) is 115 cm³/mol. The van der Waals surface area contributed by atoms with E-state index in [0.29, 0.717) is 18.7 Å². The van der Waals surface area contributed by atoms with Crippen LogP contribution in [0.3, 0.4) is 0 Å². The highest BCUT2D eigenvalue weighted by molar-refractivity contribution is 5.82. The van der Waals surface area contributed by atoms with E-state index in [4.69, 9.17) is 23.1 Å². The van der Waals surface area contributed by atoms with E-state index in [2.05, 4.69) is 48.0 Å². The predicted octanol–water partition coefficient (Wildman–Crippen LogP) is 5.41. The Labute approximate surface area is 167 Å². The van der Waals surface area contributed by atoms with Gasteiger partial charge in [0.05, 0.1) is 11.5 Å². The number of nitrogens with zero attached hydrogens (tertiary/aromatic N) is 2. The van der Waals surface area contributed by atoms with Crippen LogP contribution in [0.4, 0.5) is 17.1 Å². The molecule has 0 atom stereocenters. The maximum Gasteiger partial charge on any atom is 0.0923 e. The van der Waals surface area contributed by atoms with Crippen molar-refractivity contribution in [3.8, 4) is 12.3 Å². The largest absolute Gasteiger partial charge is 0.388 e. The number of unbranched alkanes of at least 4 members (excludes halogenated alkanes) is 1.